The normalized spacial score (nSPS) is 12.0. The molecule has 0 fully saturated rings. The lowest BCUT2D eigenvalue weighted by Gasteiger charge is -2.28. The van der Waals surface area contributed by atoms with Gasteiger partial charge in [-0.05, 0) is 63.2 Å². The first-order valence-electron chi connectivity index (χ1n) is 10.4. The fourth-order valence-electron chi connectivity index (χ4n) is 3.61. The van der Waals surface area contributed by atoms with E-state index in [0.29, 0.717) is 24.5 Å². The molecule has 0 bridgehead atoms. The minimum absolute atomic E-state index is 0.144. The Bertz CT molecular complexity index is 1200. The molecule has 0 aliphatic carbocycles. The van der Waals surface area contributed by atoms with Crippen molar-refractivity contribution >= 4 is 5.91 Å². The maximum Gasteiger partial charge on any atom is 0.275 e. The van der Waals surface area contributed by atoms with E-state index in [9.17, 15) is 9.18 Å². The standard InChI is InChI=1S/C23H24FN7O/c1-4-30(23(32)22-21(10-5-16(2)27-22)31-25-12-13-26-31)17(3)15-29-14-11-20(28-29)18-6-8-19(24)9-7-18/h5-14,17H,4,15H2,1-3H3/t17-/m0/s1. The smallest absolute Gasteiger partial charge is 0.275 e. The molecule has 0 spiro atoms. The summed E-state index contributed by atoms with van der Waals surface area (Å²) in [5.41, 5.74) is 3.17. The summed E-state index contributed by atoms with van der Waals surface area (Å²) < 4.78 is 15.0. The molecule has 3 aromatic heterocycles. The number of carbonyl (C=O) groups is 1. The van der Waals surface area contributed by atoms with Crippen LogP contribution in [0.25, 0.3) is 16.9 Å². The van der Waals surface area contributed by atoms with Crippen LogP contribution < -0.4 is 0 Å². The van der Waals surface area contributed by atoms with Crippen molar-refractivity contribution in [2.75, 3.05) is 6.54 Å². The molecule has 9 heteroatoms. The second-order valence-electron chi connectivity index (χ2n) is 7.51. The number of carbonyl (C=O) groups excluding carboxylic acids is 1. The molecule has 0 aliphatic heterocycles. The summed E-state index contributed by atoms with van der Waals surface area (Å²) in [6.45, 7) is 6.76. The summed E-state index contributed by atoms with van der Waals surface area (Å²) in [5.74, 6) is -0.477. The summed E-state index contributed by atoms with van der Waals surface area (Å²) in [6, 6.07) is 11.6. The number of hydrogen-bond donors (Lipinski definition) is 0. The average Bonchev–Trinajstić information content (AvgIpc) is 3.47. The third-order valence-corrected chi connectivity index (χ3v) is 5.22. The molecular weight excluding hydrogens is 409 g/mol. The Kier molecular flexibility index (Phi) is 6.07. The predicted octanol–water partition coefficient (Wildman–Crippen LogP) is 3.52. The van der Waals surface area contributed by atoms with E-state index in [4.69, 9.17) is 0 Å². The summed E-state index contributed by atoms with van der Waals surface area (Å²) in [4.78, 5) is 21.1. The number of hydrogen-bond acceptors (Lipinski definition) is 5. The summed E-state index contributed by atoms with van der Waals surface area (Å²) in [7, 11) is 0. The molecule has 3 heterocycles. The summed E-state index contributed by atoms with van der Waals surface area (Å²) in [5, 5.41) is 12.9. The van der Waals surface area contributed by atoms with Crippen molar-refractivity contribution in [3.05, 3.63) is 78.3 Å². The molecule has 32 heavy (non-hydrogen) atoms. The molecule has 1 amide bonds. The van der Waals surface area contributed by atoms with E-state index in [1.54, 1.807) is 40.2 Å². The summed E-state index contributed by atoms with van der Waals surface area (Å²) >= 11 is 0. The van der Waals surface area contributed by atoms with Crippen LogP contribution in [0, 0.1) is 12.7 Å². The second kappa shape index (κ2) is 9.09. The Hall–Kier alpha value is -3.88. The van der Waals surface area contributed by atoms with Crippen LogP contribution >= 0.6 is 0 Å². The Morgan fingerprint density at radius 2 is 1.81 bits per heavy atom. The van der Waals surface area contributed by atoms with Gasteiger partial charge >= 0.3 is 0 Å². The molecule has 4 aromatic rings. The SMILES string of the molecule is CCN(C(=O)c1nc(C)ccc1-n1nccn1)[C@@H](C)Cn1ccc(-c2ccc(F)cc2)n1. The number of nitrogens with zero attached hydrogens (tertiary/aromatic N) is 7. The van der Waals surface area contributed by atoms with E-state index in [1.165, 1.54) is 16.9 Å². The minimum Gasteiger partial charge on any atom is -0.333 e. The molecule has 0 N–H and O–H groups in total. The number of halogens is 1. The number of aryl methyl sites for hydroxylation is 1. The topological polar surface area (TPSA) is 81.7 Å². The highest BCUT2D eigenvalue weighted by molar-refractivity contribution is 5.96. The van der Waals surface area contributed by atoms with E-state index < -0.39 is 0 Å². The molecular formula is C23H24FN7O. The van der Waals surface area contributed by atoms with Crippen molar-refractivity contribution in [2.45, 2.75) is 33.4 Å². The molecule has 1 aromatic carbocycles. The Morgan fingerprint density at radius 1 is 1.09 bits per heavy atom. The van der Waals surface area contributed by atoms with Crippen LogP contribution in [0.3, 0.4) is 0 Å². The highest BCUT2D eigenvalue weighted by Crippen LogP contribution is 2.19. The van der Waals surface area contributed by atoms with Gasteiger partial charge in [-0.1, -0.05) is 0 Å². The van der Waals surface area contributed by atoms with Crippen LogP contribution in [0.2, 0.25) is 0 Å². The largest absolute Gasteiger partial charge is 0.333 e. The van der Waals surface area contributed by atoms with Crippen LogP contribution in [0.1, 0.15) is 30.0 Å². The van der Waals surface area contributed by atoms with Gasteiger partial charge in [0.15, 0.2) is 5.69 Å². The van der Waals surface area contributed by atoms with Gasteiger partial charge in [0.25, 0.3) is 5.91 Å². The fraction of sp³-hybridized carbons (Fsp3) is 0.261. The number of pyridine rings is 1. The van der Waals surface area contributed by atoms with Gasteiger partial charge < -0.3 is 4.90 Å². The number of rotatable bonds is 7. The minimum atomic E-state index is -0.284. The lowest BCUT2D eigenvalue weighted by molar-refractivity contribution is 0.0678. The molecule has 4 rings (SSSR count). The Morgan fingerprint density at radius 3 is 2.50 bits per heavy atom. The molecule has 1 atom stereocenters. The number of aromatic nitrogens is 6. The second-order valence-corrected chi connectivity index (χ2v) is 7.51. The zero-order valence-electron chi connectivity index (χ0n) is 18.2. The lowest BCUT2D eigenvalue weighted by atomic mass is 10.1. The first-order valence-corrected chi connectivity index (χ1v) is 10.4. The van der Waals surface area contributed by atoms with Crippen molar-refractivity contribution in [3.63, 3.8) is 0 Å². The third-order valence-electron chi connectivity index (χ3n) is 5.22. The number of benzene rings is 1. The van der Waals surface area contributed by atoms with E-state index in [0.717, 1.165) is 17.0 Å². The monoisotopic (exact) mass is 433 g/mol. The van der Waals surface area contributed by atoms with Crippen molar-refractivity contribution in [1.29, 1.82) is 0 Å². The van der Waals surface area contributed by atoms with Gasteiger partial charge in [-0.15, -0.1) is 4.80 Å². The van der Waals surface area contributed by atoms with Crippen molar-refractivity contribution in [2.24, 2.45) is 0 Å². The first-order chi connectivity index (χ1) is 15.5. The van der Waals surface area contributed by atoms with Crippen molar-refractivity contribution in [1.82, 2.24) is 34.7 Å². The lowest BCUT2D eigenvalue weighted by Crippen LogP contribution is -2.41. The van der Waals surface area contributed by atoms with E-state index in [2.05, 4.69) is 20.3 Å². The maximum absolute atomic E-state index is 13.5. The van der Waals surface area contributed by atoms with E-state index >= 15 is 0 Å². The molecule has 0 saturated carbocycles. The Labute approximate surface area is 185 Å². The zero-order chi connectivity index (χ0) is 22.7. The molecule has 0 saturated heterocycles. The number of likely N-dealkylation sites (N-methyl/N-ethyl adjacent to an activating group) is 1. The van der Waals surface area contributed by atoms with Crippen LogP contribution in [0.15, 0.2) is 61.1 Å². The van der Waals surface area contributed by atoms with Crippen LogP contribution in [0.5, 0.6) is 0 Å². The van der Waals surface area contributed by atoms with Gasteiger partial charge in [-0.3, -0.25) is 9.48 Å². The third kappa shape index (κ3) is 4.41. The van der Waals surface area contributed by atoms with E-state index in [-0.39, 0.29) is 17.8 Å². The average molecular weight is 433 g/mol. The van der Waals surface area contributed by atoms with Crippen molar-refractivity contribution < 1.29 is 9.18 Å². The molecule has 164 valence electrons. The predicted molar refractivity (Wildman–Crippen MR) is 118 cm³/mol. The highest BCUT2D eigenvalue weighted by Gasteiger charge is 2.25. The first kappa shape index (κ1) is 21.4. The number of amides is 1. The van der Waals surface area contributed by atoms with Gasteiger partial charge in [-0.2, -0.15) is 15.3 Å². The molecule has 0 aliphatic rings. The maximum atomic E-state index is 13.5. The van der Waals surface area contributed by atoms with Gasteiger partial charge in [0, 0.05) is 30.0 Å². The molecule has 0 radical (unpaired) electrons. The van der Waals surface area contributed by atoms with Crippen molar-refractivity contribution in [3.8, 4) is 16.9 Å². The van der Waals surface area contributed by atoms with Gasteiger partial charge in [-0.25, -0.2) is 9.37 Å². The van der Waals surface area contributed by atoms with Crippen LogP contribution in [0.4, 0.5) is 4.39 Å². The van der Waals surface area contributed by atoms with E-state index in [1.807, 2.05) is 39.1 Å². The fourth-order valence-corrected chi connectivity index (χ4v) is 3.61. The quantitative estimate of drug-likeness (QED) is 0.445. The zero-order valence-corrected chi connectivity index (χ0v) is 18.2. The molecule has 8 nitrogen and oxygen atoms in total. The Balaban J connectivity index is 1.55. The molecule has 0 unspecified atom stereocenters. The van der Waals surface area contributed by atoms with Gasteiger partial charge in [0.1, 0.15) is 11.5 Å². The van der Waals surface area contributed by atoms with Gasteiger partial charge in [0.05, 0.1) is 24.6 Å². The summed E-state index contributed by atoms with van der Waals surface area (Å²) in [6.07, 6.45) is 4.98. The van der Waals surface area contributed by atoms with Gasteiger partial charge in [0.2, 0.25) is 0 Å². The van der Waals surface area contributed by atoms with Crippen LogP contribution in [-0.2, 0) is 6.54 Å². The highest BCUT2D eigenvalue weighted by atomic mass is 19.1. The van der Waals surface area contributed by atoms with Crippen LogP contribution in [-0.4, -0.2) is 53.2 Å².